The SMILES string of the molecule is N#CC1(C(=O)NCC(O)Cc2ccccc2)CCCC1. The van der Waals surface area contributed by atoms with Crippen molar-refractivity contribution in [1.29, 1.82) is 5.26 Å². The number of carbonyl (C=O) groups is 1. The van der Waals surface area contributed by atoms with Crippen LogP contribution in [0.25, 0.3) is 0 Å². The smallest absolute Gasteiger partial charge is 0.240 e. The molecule has 106 valence electrons. The molecular formula is C16H20N2O2. The van der Waals surface area contributed by atoms with Gasteiger partial charge in [0.2, 0.25) is 5.91 Å². The summed E-state index contributed by atoms with van der Waals surface area (Å²) in [4.78, 5) is 12.1. The van der Waals surface area contributed by atoms with Crippen LogP contribution in [-0.2, 0) is 11.2 Å². The molecule has 0 saturated heterocycles. The fourth-order valence-corrected chi connectivity index (χ4v) is 2.71. The van der Waals surface area contributed by atoms with E-state index in [-0.39, 0.29) is 12.5 Å². The zero-order valence-electron chi connectivity index (χ0n) is 11.5. The average Bonchev–Trinajstić information content (AvgIpc) is 2.96. The number of aliphatic hydroxyl groups excluding tert-OH is 1. The second kappa shape index (κ2) is 6.53. The van der Waals surface area contributed by atoms with Gasteiger partial charge in [-0.3, -0.25) is 4.79 Å². The van der Waals surface area contributed by atoms with Crippen LogP contribution >= 0.6 is 0 Å². The highest BCUT2D eigenvalue weighted by Crippen LogP contribution is 2.37. The summed E-state index contributed by atoms with van der Waals surface area (Å²) >= 11 is 0. The molecule has 0 heterocycles. The molecule has 0 spiro atoms. The molecule has 4 heteroatoms. The van der Waals surface area contributed by atoms with E-state index in [0.717, 1.165) is 18.4 Å². The molecule has 1 aliphatic carbocycles. The van der Waals surface area contributed by atoms with Crippen molar-refractivity contribution in [2.24, 2.45) is 5.41 Å². The molecule has 1 aromatic carbocycles. The Morgan fingerprint density at radius 3 is 2.60 bits per heavy atom. The topological polar surface area (TPSA) is 73.1 Å². The Bertz CT molecular complexity index is 487. The summed E-state index contributed by atoms with van der Waals surface area (Å²) in [6, 6.07) is 11.8. The number of rotatable bonds is 5. The van der Waals surface area contributed by atoms with E-state index in [0.29, 0.717) is 19.3 Å². The fourth-order valence-electron chi connectivity index (χ4n) is 2.71. The molecule has 1 aliphatic rings. The maximum Gasteiger partial charge on any atom is 0.240 e. The summed E-state index contributed by atoms with van der Waals surface area (Å²) < 4.78 is 0. The van der Waals surface area contributed by atoms with Crippen molar-refractivity contribution in [1.82, 2.24) is 5.32 Å². The number of amides is 1. The first-order chi connectivity index (χ1) is 9.66. The number of aliphatic hydroxyl groups is 1. The summed E-state index contributed by atoms with van der Waals surface area (Å²) in [5.41, 5.74) is 0.164. The molecule has 0 bridgehead atoms. The van der Waals surface area contributed by atoms with Gasteiger partial charge in [0.1, 0.15) is 5.41 Å². The molecule has 1 atom stereocenters. The first-order valence-electron chi connectivity index (χ1n) is 7.08. The van der Waals surface area contributed by atoms with E-state index < -0.39 is 11.5 Å². The number of nitrogens with one attached hydrogen (secondary N) is 1. The van der Waals surface area contributed by atoms with Crippen LogP contribution in [-0.4, -0.2) is 23.7 Å². The molecule has 1 aromatic rings. The molecule has 4 nitrogen and oxygen atoms in total. The minimum Gasteiger partial charge on any atom is -0.391 e. The highest BCUT2D eigenvalue weighted by Gasteiger charge is 2.41. The lowest BCUT2D eigenvalue weighted by atomic mass is 9.87. The number of hydrogen-bond acceptors (Lipinski definition) is 3. The van der Waals surface area contributed by atoms with Crippen LogP contribution in [0.1, 0.15) is 31.2 Å². The summed E-state index contributed by atoms with van der Waals surface area (Å²) in [6.07, 6.45) is 2.98. The first-order valence-corrected chi connectivity index (χ1v) is 7.08. The number of carbonyl (C=O) groups excluding carboxylic acids is 1. The molecule has 1 fully saturated rings. The van der Waals surface area contributed by atoms with Crippen LogP contribution in [0.15, 0.2) is 30.3 Å². The maximum atomic E-state index is 12.1. The van der Waals surface area contributed by atoms with Crippen LogP contribution in [0.3, 0.4) is 0 Å². The molecule has 2 N–H and O–H groups in total. The Labute approximate surface area is 119 Å². The van der Waals surface area contributed by atoms with Crippen molar-refractivity contribution in [3.63, 3.8) is 0 Å². The van der Waals surface area contributed by atoms with Crippen LogP contribution < -0.4 is 5.32 Å². The fraction of sp³-hybridized carbons (Fsp3) is 0.500. The minimum absolute atomic E-state index is 0.192. The second-order valence-corrected chi connectivity index (χ2v) is 5.45. The molecule has 0 aliphatic heterocycles. The molecule has 1 unspecified atom stereocenters. The third kappa shape index (κ3) is 3.37. The van der Waals surface area contributed by atoms with E-state index in [4.69, 9.17) is 0 Å². The summed E-state index contributed by atoms with van der Waals surface area (Å²) in [6.45, 7) is 0.192. The van der Waals surface area contributed by atoms with Gasteiger partial charge in [0, 0.05) is 13.0 Å². The van der Waals surface area contributed by atoms with Gasteiger partial charge in [-0.2, -0.15) is 5.26 Å². The van der Waals surface area contributed by atoms with E-state index in [1.165, 1.54) is 0 Å². The van der Waals surface area contributed by atoms with Crippen LogP contribution in [0.5, 0.6) is 0 Å². The van der Waals surface area contributed by atoms with Gasteiger partial charge in [-0.1, -0.05) is 43.2 Å². The Morgan fingerprint density at radius 2 is 2.00 bits per heavy atom. The van der Waals surface area contributed by atoms with Gasteiger partial charge in [0.05, 0.1) is 12.2 Å². The van der Waals surface area contributed by atoms with Crippen molar-refractivity contribution >= 4 is 5.91 Å². The quantitative estimate of drug-likeness (QED) is 0.858. The molecule has 0 radical (unpaired) electrons. The average molecular weight is 272 g/mol. The van der Waals surface area contributed by atoms with E-state index >= 15 is 0 Å². The number of hydrogen-bond donors (Lipinski definition) is 2. The number of benzene rings is 1. The summed E-state index contributed by atoms with van der Waals surface area (Å²) in [7, 11) is 0. The first kappa shape index (κ1) is 14.5. The molecular weight excluding hydrogens is 252 g/mol. The summed E-state index contributed by atoms with van der Waals surface area (Å²) in [5, 5.41) is 21.9. The lowest BCUT2D eigenvalue weighted by Crippen LogP contribution is -2.42. The van der Waals surface area contributed by atoms with Crippen molar-refractivity contribution in [3.8, 4) is 6.07 Å². The van der Waals surface area contributed by atoms with Crippen LogP contribution in [0.4, 0.5) is 0 Å². The van der Waals surface area contributed by atoms with E-state index in [9.17, 15) is 15.2 Å². The predicted octanol–water partition coefficient (Wildman–Crippen LogP) is 1.79. The number of nitriles is 1. The van der Waals surface area contributed by atoms with Gasteiger partial charge in [0.25, 0.3) is 0 Å². The standard InChI is InChI=1S/C16H20N2O2/c17-12-16(8-4-5-9-16)15(20)18-11-14(19)10-13-6-2-1-3-7-13/h1-3,6-7,14,19H,4-5,8-11H2,(H,18,20). The Balaban J connectivity index is 1.83. The lowest BCUT2D eigenvalue weighted by molar-refractivity contribution is -0.128. The van der Waals surface area contributed by atoms with Crippen LogP contribution in [0, 0.1) is 16.7 Å². The zero-order valence-corrected chi connectivity index (χ0v) is 11.5. The Hall–Kier alpha value is -1.86. The molecule has 1 amide bonds. The lowest BCUT2D eigenvalue weighted by Gasteiger charge is -2.20. The number of nitrogens with zero attached hydrogens (tertiary/aromatic N) is 1. The third-order valence-electron chi connectivity index (χ3n) is 3.92. The van der Waals surface area contributed by atoms with E-state index in [1.54, 1.807) is 0 Å². The van der Waals surface area contributed by atoms with Crippen LogP contribution in [0.2, 0.25) is 0 Å². The van der Waals surface area contributed by atoms with Crippen molar-refractivity contribution in [3.05, 3.63) is 35.9 Å². The van der Waals surface area contributed by atoms with Crippen molar-refractivity contribution in [2.75, 3.05) is 6.54 Å². The molecule has 20 heavy (non-hydrogen) atoms. The molecule has 1 saturated carbocycles. The van der Waals surface area contributed by atoms with Gasteiger partial charge in [-0.05, 0) is 18.4 Å². The normalized spacial score (nSPS) is 18.2. The highest BCUT2D eigenvalue weighted by atomic mass is 16.3. The van der Waals surface area contributed by atoms with Crippen molar-refractivity contribution < 1.29 is 9.90 Å². The zero-order chi connectivity index (χ0) is 14.4. The third-order valence-corrected chi connectivity index (χ3v) is 3.92. The second-order valence-electron chi connectivity index (χ2n) is 5.45. The maximum absolute atomic E-state index is 12.1. The van der Waals surface area contributed by atoms with E-state index in [1.807, 2.05) is 30.3 Å². The summed E-state index contributed by atoms with van der Waals surface area (Å²) in [5.74, 6) is -0.232. The van der Waals surface area contributed by atoms with Gasteiger partial charge >= 0.3 is 0 Å². The van der Waals surface area contributed by atoms with E-state index in [2.05, 4.69) is 11.4 Å². The largest absolute Gasteiger partial charge is 0.391 e. The van der Waals surface area contributed by atoms with Gasteiger partial charge in [-0.15, -0.1) is 0 Å². The van der Waals surface area contributed by atoms with Crippen molar-refractivity contribution in [2.45, 2.75) is 38.2 Å². The predicted molar refractivity (Wildman–Crippen MR) is 75.7 cm³/mol. The minimum atomic E-state index is -0.869. The molecule has 0 aromatic heterocycles. The molecule has 2 rings (SSSR count). The highest BCUT2D eigenvalue weighted by molar-refractivity contribution is 5.85. The van der Waals surface area contributed by atoms with Gasteiger partial charge in [-0.25, -0.2) is 0 Å². The van der Waals surface area contributed by atoms with Gasteiger partial charge < -0.3 is 10.4 Å². The van der Waals surface area contributed by atoms with Gasteiger partial charge in [0.15, 0.2) is 0 Å². The Kier molecular flexibility index (Phi) is 4.75. The Morgan fingerprint density at radius 1 is 1.35 bits per heavy atom. The monoisotopic (exact) mass is 272 g/mol.